The highest BCUT2D eigenvalue weighted by atomic mass is 16.6. The SMILES string of the molecule is CNC(=O)C(NOC)c1ccccc1Oc1ccccc1. The predicted octanol–water partition coefficient (Wildman–Crippen LogP) is 2.42. The lowest BCUT2D eigenvalue weighted by Gasteiger charge is -2.19. The van der Waals surface area contributed by atoms with E-state index in [1.54, 1.807) is 7.05 Å². The molecule has 5 nitrogen and oxygen atoms in total. The Hall–Kier alpha value is -2.37. The number of hydrogen-bond donors (Lipinski definition) is 2. The average molecular weight is 286 g/mol. The Bertz CT molecular complexity index is 587. The monoisotopic (exact) mass is 286 g/mol. The molecular formula is C16H18N2O3. The molecule has 0 aromatic heterocycles. The third kappa shape index (κ3) is 3.81. The van der Waals surface area contributed by atoms with Crippen molar-refractivity contribution in [3.63, 3.8) is 0 Å². The summed E-state index contributed by atoms with van der Waals surface area (Å²) in [5.41, 5.74) is 3.38. The number of amides is 1. The molecule has 0 bridgehead atoms. The second kappa shape index (κ2) is 7.42. The fourth-order valence-corrected chi connectivity index (χ4v) is 1.95. The van der Waals surface area contributed by atoms with E-state index < -0.39 is 6.04 Å². The normalized spacial score (nSPS) is 11.7. The molecule has 2 aromatic carbocycles. The standard InChI is InChI=1S/C16H18N2O3/c1-17-16(19)15(18-20-2)13-10-6-7-11-14(13)21-12-8-4-3-5-9-12/h3-11,15,18H,1-2H3,(H,17,19). The summed E-state index contributed by atoms with van der Waals surface area (Å²) in [7, 11) is 3.05. The fourth-order valence-electron chi connectivity index (χ4n) is 1.95. The summed E-state index contributed by atoms with van der Waals surface area (Å²) in [6.07, 6.45) is 0. The van der Waals surface area contributed by atoms with Gasteiger partial charge in [-0.1, -0.05) is 36.4 Å². The number of rotatable bonds is 6. The highest BCUT2D eigenvalue weighted by Gasteiger charge is 2.23. The van der Waals surface area contributed by atoms with Crippen LogP contribution < -0.4 is 15.5 Å². The van der Waals surface area contributed by atoms with Gasteiger partial charge in [0.1, 0.15) is 17.5 Å². The molecular weight excluding hydrogens is 268 g/mol. The number of hydroxylamine groups is 1. The van der Waals surface area contributed by atoms with Crippen molar-refractivity contribution in [2.45, 2.75) is 6.04 Å². The van der Waals surface area contributed by atoms with Gasteiger partial charge in [0, 0.05) is 12.6 Å². The Morgan fingerprint density at radius 1 is 1.05 bits per heavy atom. The first-order chi connectivity index (χ1) is 10.3. The maximum Gasteiger partial charge on any atom is 0.243 e. The smallest absolute Gasteiger partial charge is 0.243 e. The zero-order valence-electron chi connectivity index (χ0n) is 12.0. The molecule has 21 heavy (non-hydrogen) atoms. The van der Waals surface area contributed by atoms with Crippen LogP contribution in [0.1, 0.15) is 11.6 Å². The van der Waals surface area contributed by atoms with Gasteiger partial charge in [-0.15, -0.1) is 0 Å². The van der Waals surface area contributed by atoms with Gasteiger partial charge >= 0.3 is 0 Å². The van der Waals surface area contributed by atoms with Crippen LogP contribution in [0.2, 0.25) is 0 Å². The van der Waals surface area contributed by atoms with Gasteiger partial charge in [-0.3, -0.25) is 4.79 Å². The van der Waals surface area contributed by atoms with Crippen LogP contribution in [0.3, 0.4) is 0 Å². The van der Waals surface area contributed by atoms with Crippen molar-refractivity contribution in [3.05, 3.63) is 60.2 Å². The number of ether oxygens (including phenoxy) is 1. The molecule has 1 amide bonds. The summed E-state index contributed by atoms with van der Waals surface area (Å²) >= 11 is 0. The number of hydrogen-bond acceptors (Lipinski definition) is 4. The molecule has 1 atom stereocenters. The van der Waals surface area contributed by atoms with E-state index in [2.05, 4.69) is 10.8 Å². The van der Waals surface area contributed by atoms with Crippen LogP contribution >= 0.6 is 0 Å². The molecule has 5 heteroatoms. The second-order valence-corrected chi connectivity index (χ2v) is 4.32. The zero-order valence-corrected chi connectivity index (χ0v) is 12.0. The summed E-state index contributed by atoms with van der Waals surface area (Å²) in [5, 5.41) is 2.60. The van der Waals surface area contributed by atoms with E-state index in [0.717, 1.165) is 0 Å². The Kier molecular flexibility index (Phi) is 5.31. The van der Waals surface area contributed by atoms with Crippen molar-refractivity contribution >= 4 is 5.91 Å². The van der Waals surface area contributed by atoms with Crippen molar-refractivity contribution in [1.29, 1.82) is 0 Å². The van der Waals surface area contributed by atoms with Crippen LogP contribution in [0.15, 0.2) is 54.6 Å². The summed E-state index contributed by atoms with van der Waals surface area (Å²) in [4.78, 5) is 16.9. The lowest BCUT2D eigenvalue weighted by atomic mass is 10.1. The number of benzene rings is 2. The molecule has 2 rings (SSSR count). The van der Waals surface area contributed by atoms with Crippen LogP contribution in [-0.4, -0.2) is 20.1 Å². The van der Waals surface area contributed by atoms with Gasteiger partial charge in [0.25, 0.3) is 0 Å². The van der Waals surface area contributed by atoms with Gasteiger partial charge in [-0.25, -0.2) is 0 Å². The molecule has 110 valence electrons. The number of likely N-dealkylation sites (N-methyl/N-ethyl adjacent to an activating group) is 1. The van der Waals surface area contributed by atoms with Crippen LogP contribution in [0.4, 0.5) is 0 Å². The van der Waals surface area contributed by atoms with Gasteiger partial charge in [0.15, 0.2) is 0 Å². The zero-order chi connectivity index (χ0) is 15.1. The van der Waals surface area contributed by atoms with Crippen molar-refractivity contribution < 1.29 is 14.4 Å². The number of nitrogens with one attached hydrogen (secondary N) is 2. The van der Waals surface area contributed by atoms with Gasteiger partial charge < -0.3 is 14.9 Å². The Labute approximate surface area is 123 Å². The molecule has 0 aliphatic heterocycles. The number of para-hydroxylation sites is 2. The predicted molar refractivity (Wildman–Crippen MR) is 79.9 cm³/mol. The van der Waals surface area contributed by atoms with Crippen molar-refractivity contribution in [3.8, 4) is 11.5 Å². The first kappa shape index (κ1) is 15.0. The Balaban J connectivity index is 2.32. The maximum atomic E-state index is 12.0. The molecule has 0 heterocycles. The van der Waals surface area contributed by atoms with E-state index in [1.807, 2.05) is 54.6 Å². The lowest BCUT2D eigenvalue weighted by Crippen LogP contribution is -2.35. The van der Waals surface area contributed by atoms with Crippen LogP contribution in [0.5, 0.6) is 11.5 Å². The summed E-state index contributed by atoms with van der Waals surface area (Å²) < 4.78 is 5.86. The van der Waals surface area contributed by atoms with E-state index in [-0.39, 0.29) is 5.91 Å². The molecule has 0 spiro atoms. The largest absolute Gasteiger partial charge is 0.457 e. The van der Waals surface area contributed by atoms with E-state index in [0.29, 0.717) is 17.1 Å². The molecule has 0 saturated carbocycles. The minimum Gasteiger partial charge on any atom is -0.457 e. The minimum atomic E-state index is -0.653. The number of carbonyl (C=O) groups excluding carboxylic acids is 1. The molecule has 0 aliphatic rings. The molecule has 0 saturated heterocycles. The van der Waals surface area contributed by atoms with Crippen molar-refractivity contribution in [2.75, 3.05) is 14.2 Å². The molecule has 0 aliphatic carbocycles. The molecule has 0 fully saturated rings. The minimum absolute atomic E-state index is 0.207. The highest BCUT2D eigenvalue weighted by Crippen LogP contribution is 2.29. The third-order valence-corrected chi connectivity index (χ3v) is 2.95. The van der Waals surface area contributed by atoms with E-state index >= 15 is 0 Å². The first-order valence-corrected chi connectivity index (χ1v) is 6.58. The Morgan fingerprint density at radius 3 is 2.38 bits per heavy atom. The van der Waals surface area contributed by atoms with Gasteiger partial charge in [-0.05, 0) is 18.2 Å². The van der Waals surface area contributed by atoms with E-state index in [1.165, 1.54) is 7.11 Å². The molecule has 1 unspecified atom stereocenters. The summed E-state index contributed by atoms with van der Waals surface area (Å²) in [6.45, 7) is 0. The second-order valence-electron chi connectivity index (χ2n) is 4.32. The van der Waals surface area contributed by atoms with E-state index in [9.17, 15) is 4.79 Å². The van der Waals surface area contributed by atoms with Crippen molar-refractivity contribution in [1.82, 2.24) is 10.8 Å². The van der Waals surface area contributed by atoms with Crippen LogP contribution in [-0.2, 0) is 9.63 Å². The van der Waals surface area contributed by atoms with E-state index in [4.69, 9.17) is 9.57 Å². The average Bonchev–Trinajstić information content (AvgIpc) is 2.54. The van der Waals surface area contributed by atoms with Gasteiger partial charge in [0.2, 0.25) is 5.91 Å². The lowest BCUT2D eigenvalue weighted by molar-refractivity contribution is -0.126. The van der Waals surface area contributed by atoms with Gasteiger partial charge in [-0.2, -0.15) is 5.48 Å². The molecule has 0 radical (unpaired) electrons. The quantitative estimate of drug-likeness (QED) is 0.801. The maximum absolute atomic E-state index is 12.0. The first-order valence-electron chi connectivity index (χ1n) is 6.58. The topological polar surface area (TPSA) is 59.6 Å². The fraction of sp³-hybridized carbons (Fsp3) is 0.188. The van der Waals surface area contributed by atoms with Crippen molar-refractivity contribution in [2.24, 2.45) is 0 Å². The Morgan fingerprint density at radius 2 is 1.71 bits per heavy atom. The highest BCUT2D eigenvalue weighted by molar-refractivity contribution is 5.83. The van der Waals surface area contributed by atoms with Crippen LogP contribution in [0, 0.1) is 0 Å². The molecule has 2 N–H and O–H groups in total. The third-order valence-electron chi connectivity index (χ3n) is 2.95. The summed E-state index contributed by atoms with van der Waals surface area (Å²) in [6, 6.07) is 16.1. The van der Waals surface area contributed by atoms with Gasteiger partial charge in [0.05, 0.1) is 7.11 Å². The number of carbonyl (C=O) groups is 1. The summed E-state index contributed by atoms with van der Waals surface area (Å²) in [5.74, 6) is 1.10. The van der Waals surface area contributed by atoms with Crippen LogP contribution in [0.25, 0.3) is 0 Å². The molecule has 2 aromatic rings.